The Bertz CT molecular complexity index is 559. The van der Waals surface area contributed by atoms with Crippen LogP contribution in [0.3, 0.4) is 0 Å². The molecule has 0 bridgehead atoms. The summed E-state index contributed by atoms with van der Waals surface area (Å²) in [4.78, 5) is 23.3. The van der Waals surface area contributed by atoms with Crippen LogP contribution in [0.1, 0.15) is 17.3 Å². The van der Waals surface area contributed by atoms with Gasteiger partial charge in [0.15, 0.2) is 0 Å². The van der Waals surface area contributed by atoms with Crippen LogP contribution in [-0.4, -0.2) is 30.1 Å². The highest BCUT2D eigenvalue weighted by atomic mass is 35.5. The maximum Gasteiger partial charge on any atom is 0.337 e. The molecule has 1 saturated heterocycles. The Labute approximate surface area is 126 Å². The minimum Gasteiger partial charge on any atom is -0.478 e. The molecule has 0 saturated carbocycles. The Balaban J connectivity index is 2.23. The first kappa shape index (κ1) is 15.1. The first-order chi connectivity index (χ1) is 9.40. The lowest BCUT2D eigenvalue weighted by molar-refractivity contribution is -0.121. The molecule has 20 heavy (non-hydrogen) atoms. The molecule has 108 valence electrons. The maximum atomic E-state index is 12.1. The van der Waals surface area contributed by atoms with Crippen LogP contribution in [0, 0.1) is 11.8 Å². The number of amides is 1. The van der Waals surface area contributed by atoms with Crippen molar-refractivity contribution in [1.82, 2.24) is 5.32 Å². The van der Waals surface area contributed by atoms with Crippen LogP contribution in [0.2, 0.25) is 10.0 Å². The van der Waals surface area contributed by atoms with E-state index in [0.717, 1.165) is 13.1 Å². The molecule has 1 fully saturated rings. The molecule has 1 aromatic carbocycles. The first-order valence-corrected chi connectivity index (χ1v) is 6.89. The van der Waals surface area contributed by atoms with Gasteiger partial charge in [-0.15, -0.1) is 0 Å². The van der Waals surface area contributed by atoms with Gasteiger partial charge in [0.05, 0.1) is 16.3 Å². The molecule has 0 spiro atoms. The summed E-state index contributed by atoms with van der Waals surface area (Å²) in [5.41, 5.74) is -0.0255. The van der Waals surface area contributed by atoms with E-state index in [1.54, 1.807) is 0 Å². The fraction of sp³-hybridized carbons (Fsp3) is 0.385. The first-order valence-electron chi connectivity index (χ1n) is 6.14. The number of aromatic carboxylic acids is 1. The molecule has 0 aliphatic carbocycles. The monoisotopic (exact) mass is 316 g/mol. The molecule has 1 unspecified atom stereocenters. The highest BCUT2D eigenvalue weighted by molar-refractivity contribution is 6.37. The molecule has 1 heterocycles. The van der Waals surface area contributed by atoms with Gasteiger partial charge in [-0.05, 0) is 31.1 Å². The summed E-state index contributed by atoms with van der Waals surface area (Å²) < 4.78 is 0. The lowest BCUT2D eigenvalue weighted by Crippen LogP contribution is -2.48. The van der Waals surface area contributed by atoms with Crippen LogP contribution in [-0.2, 0) is 4.79 Å². The van der Waals surface area contributed by atoms with E-state index in [1.165, 1.54) is 12.1 Å². The minimum atomic E-state index is -1.19. The SMILES string of the molecule is CC(C(=O)Nc1c(Cl)cc(Cl)cc1C(=O)O)C1CNC1. The van der Waals surface area contributed by atoms with E-state index in [4.69, 9.17) is 28.3 Å². The summed E-state index contributed by atoms with van der Waals surface area (Å²) >= 11 is 11.8. The van der Waals surface area contributed by atoms with E-state index in [2.05, 4.69) is 10.6 Å². The van der Waals surface area contributed by atoms with Crippen molar-refractivity contribution in [2.24, 2.45) is 11.8 Å². The summed E-state index contributed by atoms with van der Waals surface area (Å²) in [6, 6.07) is 2.67. The number of rotatable bonds is 4. The number of hydrogen-bond acceptors (Lipinski definition) is 3. The molecule has 7 heteroatoms. The summed E-state index contributed by atoms with van der Waals surface area (Å²) in [5.74, 6) is -1.40. The van der Waals surface area contributed by atoms with E-state index in [1.807, 2.05) is 6.92 Å². The number of carboxylic acid groups (broad SMARTS) is 1. The average molecular weight is 317 g/mol. The van der Waals surface area contributed by atoms with E-state index < -0.39 is 5.97 Å². The Morgan fingerprint density at radius 2 is 2.05 bits per heavy atom. The largest absolute Gasteiger partial charge is 0.478 e. The molecule has 2 rings (SSSR count). The number of carbonyl (C=O) groups excluding carboxylic acids is 1. The second-order valence-corrected chi connectivity index (χ2v) is 5.66. The van der Waals surface area contributed by atoms with E-state index in [0.29, 0.717) is 0 Å². The second-order valence-electron chi connectivity index (χ2n) is 4.81. The van der Waals surface area contributed by atoms with Gasteiger partial charge in [-0.3, -0.25) is 4.79 Å². The normalized spacial score (nSPS) is 16.4. The minimum absolute atomic E-state index is 0.0905. The third-order valence-electron chi connectivity index (χ3n) is 3.47. The van der Waals surface area contributed by atoms with E-state index >= 15 is 0 Å². The third kappa shape index (κ3) is 3.06. The summed E-state index contributed by atoms with van der Waals surface area (Å²) in [5, 5.41) is 15.2. The van der Waals surface area contributed by atoms with E-state index in [-0.39, 0.29) is 39.0 Å². The van der Waals surface area contributed by atoms with Gasteiger partial charge in [-0.1, -0.05) is 30.1 Å². The third-order valence-corrected chi connectivity index (χ3v) is 3.98. The van der Waals surface area contributed by atoms with Crippen LogP contribution >= 0.6 is 23.2 Å². The van der Waals surface area contributed by atoms with Gasteiger partial charge in [-0.25, -0.2) is 4.79 Å². The van der Waals surface area contributed by atoms with Gasteiger partial charge in [0.2, 0.25) is 5.91 Å². The van der Waals surface area contributed by atoms with Crippen molar-refractivity contribution in [3.63, 3.8) is 0 Å². The molecule has 5 nitrogen and oxygen atoms in total. The summed E-state index contributed by atoms with van der Waals surface area (Å²) in [6.07, 6.45) is 0. The highest BCUT2D eigenvalue weighted by Crippen LogP contribution is 2.31. The van der Waals surface area contributed by atoms with Crippen molar-refractivity contribution in [3.8, 4) is 0 Å². The van der Waals surface area contributed by atoms with Gasteiger partial charge < -0.3 is 15.7 Å². The molecule has 3 N–H and O–H groups in total. The number of anilines is 1. The van der Waals surface area contributed by atoms with Crippen LogP contribution in [0.15, 0.2) is 12.1 Å². The Morgan fingerprint density at radius 3 is 2.55 bits per heavy atom. The van der Waals surface area contributed by atoms with Crippen LogP contribution in [0.5, 0.6) is 0 Å². The summed E-state index contributed by atoms with van der Waals surface area (Å²) in [6.45, 7) is 3.38. The average Bonchev–Trinajstić information content (AvgIpc) is 2.29. The van der Waals surface area contributed by atoms with Gasteiger partial charge in [-0.2, -0.15) is 0 Å². The van der Waals surface area contributed by atoms with Gasteiger partial charge >= 0.3 is 5.97 Å². The smallest absolute Gasteiger partial charge is 0.337 e. The molecule has 1 aromatic rings. The van der Waals surface area contributed by atoms with Crippen molar-refractivity contribution >= 4 is 40.8 Å². The zero-order valence-corrected chi connectivity index (χ0v) is 12.3. The zero-order valence-electron chi connectivity index (χ0n) is 10.7. The number of nitrogens with one attached hydrogen (secondary N) is 2. The zero-order chi connectivity index (χ0) is 14.9. The maximum absolute atomic E-state index is 12.1. The van der Waals surface area contributed by atoms with Crippen molar-refractivity contribution in [1.29, 1.82) is 0 Å². The summed E-state index contributed by atoms with van der Waals surface area (Å²) in [7, 11) is 0. The molecular formula is C13H14Cl2N2O3. The van der Waals surface area contributed by atoms with Gasteiger partial charge in [0.25, 0.3) is 0 Å². The molecule has 1 amide bonds. The Hall–Kier alpha value is -1.30. The van der Waals surface area contributed by atoms with Crippen LogP contribution in [0.25, 0.3) is 0 Å². The quantitative estimate of drug-likeness (QED) is 0.797. The molecule has 1 aliphatic heterocycles. The van der Waals surface area contributed by atoms with E-state index in [9.17, 15) is 9.59 Å². The van der Waals surface area contributed by atoms with Crippen molar-refractivity contribution < 1.29 is 14.7 Å². The predicted octanol–water partition coefficient (Wildman–Crippen LogP) is 2.49. The van der Waals surface area contributed by atoms with Crippen molar-refractivity contribution in [3.05, 3.63) is 27.7 Å². The van der Waals surface area contributed by atoms with Crippen LogP contribution in [0.4, 0.5) is 5.69 Å². The molecule has 1 aliphatic rings. The predicted molar refractivity (Wildman–Crippen MR) is 77.6 cm³/mol. The van der Waals surface area contributed by atoms with Crippen molar-refractivity contribution in [2.45, 2.75) is 6.92 Å². The van der Waals surface area contributed by atoms with Crippen molar-refractivity contribution in [2.75, 3.05) is 18.4 Å². The number of hydrogen-bond donors (Lipinski definition) is 3. The number of halogens is 2. The van der Waals surface area contributed by atoms with Gasteiger partial charge in [0, 0.05) is 10.9 Å². The topological polar surface area (TPSA) is 78.4 Å². The fourth-order valence-corrected chi connectivity index (χ4v) is 2.53. The number of carbonyl (C=O) groups is 2. The second kappa shape index (κ2) is 5.99. The molecule has 1 atom stereocenters. The highest BCUT2D eigenvalue weighted by Gasteiger charge is 2.29. The standard InChI is InChI=1S/C13H14Cl2N2O3/c1-6(7-4-16-5-7)12(18)17-11-9(13(19)20)2-8(14)3-10(11)15/h2-3,6-7,16H,4-5H2,1H3,(H,17,18)(H,19,20). The van der Waals surface area contributed by atoms with Crippen LogP contribution < -0.4 is 10.6 Å². The molecule has 0 aromatic heterocycles. The number of benzene rings is 1. The Kier molecular flexibility index (Phi) is 4.52. The molecular weight excluding hydrogens is 303 g/mol. The molecule has 0 radical (unpaired) electrons. The lowest BCUT2D eigenvalue weighted by atomic mass is 9.88. The van der Waals surface area contributed by atoms with Gasteiger partial charge in [0.1, 0.15) is 0 Å². The number of carboxylic acids is 1. The Morgan fingerprint density at radius 1 is 1.40 bits per heavy atom. The lowest BCUT2D eigenvalue weighted by Gasteiger charge is -2.31. The fourth-order valence-electron chi connectivity index (χ4n) is 1.98.